The van der Waals surface area contributed by atoms with Crippen molar-refractivity contribution in [2.24, 2.45) is 50.2 Å². The Labute approximate surface area is 378 Å². The number of esters is 1. The molecule has 0 bridgehead atoms. The van der Waals surface area contributed by atoms with E-state index in [1.807, 2.05) is 6.92 Å². The summed E-state index contributed by atoms with van der Waals surface area (Å²) in [6.45, 7) is 11.8. The fraction of sp³-hybridized carbons (Fsp3) is 0.913. The van der Waals surface area contributed by atoms with Crippen LogP contribution in [0, 0.1) is 50.2 Å². The Balaban J connectivity index is 1.04. The van der Waals surface area contributed by atoms with Crippen LogP contribution in [0.25, 0.3) is 0 Å². The first kappa shape index (κ1) is 49.5. The van der Waals surface area contributed by atoms with Gasteiger partial charge in [-0.1, -0.05) is 53.2 Å². The molecule has 65 heavy (non-hydrogen) atoms. The Bertz CT molecular complexity index is 1830. The number of carbonyl (C=O) groups is 2. The summed E-state index contributed by atoms with van der Waals surface area (Å²) in [6, 6.07) is 0. The minimum atomic E-state index is -1.99. The maximum absolute atomic E-state index is 14.5. The lowest BCUT2D eigenvalue weighted by atomic mass is 9.33. The van der Waals surface area contributed by atoms with Crippen molar-refractivity contribution in [1.82, 2.24) is 0 Å². The molecular formula is C46H72O19. The van der Waals surface area contributed by atoms with Crippen molar-refractivity contribution in [3.63, 3.8) is 0 Å². The van der Waals surface area contributed by atoms with E-state index in [2.05, 4.69) is 40.7 Å². The molecule has 3 saturated heterocycles. The number of carbonyl (C=O) groups excluding carboxylic acids is 1. The predicted octanol–water partition coefficient (Wildman–Crippen LogP) is -0.546. The molecule has 19 heteroatoms. The smallest absolute Gasteiger partial charge is 0.335 e. The van der Waals surface area contributed by atoms with Gasteiger partial charge in [-0.15, -0.1) is 0 Å². The molecule has 5 aliphatic carbocycles. The summed E-state index contributed by atoms with van der Waals surface area (Å²) < 4.78 is 34.4. The van der Waals surface area contributed by atoms with E-state index in [0.29, 0.717) is 32.1 Å². The van der Waals surface area contributed by atoms with Crippen LogP contribution >= 0.6 is 0 Å². The zero-order chi connectivity index (χ0) is 47.6. The van der Waals surface area contributed by atoms with Crippen molar-refractivity contribution >= 4 is 11.9 Å². The summed E-state index contributed by atoms with van der Waals surface area (Å²) in [4.78, 5) is 27.1. The van der Waals surface area contributed by atoms with Gasteiger partial charge in [0.05, 0.1) is 37.4 Å². The molecule has 0 aromatic rings. The van der Waals surface area contributed by atoms with Gasteiger partial charge < -0.3 is 84.6 Å². The average Bonchev–Trinajstić information content (AvgIpc) is 3.24. The predicted molar refractivity (Wildman–Crippen MR) is 222 cm³/mol. The van der Waals surface area contributed by atoms with Crippen LogP contribution in [0.5, 0.6) is 0 Å². The number of aliphatic carboxylic acids is 1. The highest BCUT2D eigenvalue weighted by Gasteiger charge is 2.71. The molecule has 19 nitrogen and oxygen atoms in total. The highest BCUT2D eigenvalue weighted by molar-refractivity contribution is 5.79. The van der Waals surface area contributed by atoms with Gasteiger partial charge >= 0.3 is 11.9 Å². The van der Waals surface area contributed by atoms with Crippen LogP contribution in [0.1, 0.15) is 99.3 Å². The minimum absolute atomic E-state index is 0.0108. The molecule has 3 aliphatic heterocycles. The summed E-state index contributed by atoms with van der Waals surface area (Å²) in [5.41, 5.74) is -2.27. The van der Waals surface area contributed by atoms with E-state index in [1.54, 1.807) is 0 Å². The fourth-order valence-electron chi connectivity index (χ4n) is 14.6. The number of carboxylic acids is 1. The first-order valence-corrected chi connectivity index (χ1v) is 23.4. The number of aliphatic hydroxyl groups is 10. The van der Waals surface area contributed by atoms with Crippen LogP contribution < -0.4 is 0 Å². The SMILES string of the molecule is CC1(C)CC[C@]2(C(=O)O[C@@H]3OC[C@H](O)[C@H](O)[C@@H]3O)CC[C@]3(C)C(=CC[C@@H]4[C@@]5(C)C[C@H](O)[C@H](O[C@@H]6O[C@H](C(=O)O)[C@@H](O[C@@H]7OC[C@@H](O)[C@H](O)[C@H]7O)[C@H](O)[C@H]6O)[C@@](C)(CO)[C@@H]5CC[C@]43C)[C@@H]2C1. The average molecular weight is 929 g/mol. The summed E-state index contributed by atoms with van der Waals surface area (Å²) in [6.07, 6.45) is -16.8. The van der Waals surface area contributed by atoms with Crippen molar-refractivity contribution in [3.05, 3.63) is 11.6 Å². The van der Waals surface area contributed by atoms with Crippen molar-refractivity contribution in [2.75, 3.05) is 19.8 Å². The van der Waals surface area contributed by atoms with E-state index in [0.717, 1.165) is 19.3 Å². The normalized spacial score (nSPS) is 54.2. The molecule has 0 radical (unpaired) electrons. The summed E-state index contributed by atoms with van der Waals surface area (Å²) in [7, 11) is 0. The van der Waals surface area contributed by atoms with Crippen LogP contribution in [-0.2, 0) is 38.0 Å². The third kappa shape index (κ3) is 7.66. The molecule has 0 spiro atoms. The summed E-state index contributed by atoms with van der Waals surface area (Å²) in [5, 5.41) is 118. The van der Waals surface area contributed by atoms with E-state index >= 15 is 0 Å². The third-order valence-electron chi connectivity index (χ3n) is 18.6. The van der Waals surface area contributed by atoms with Gasteiger partial charge in [-0.05, 0) is 97.2 Å². The summed E-state index contributed by atoms with van der Waals surface area (Å²) >= 11 is 0. The Morgan fingerprint density at radius 2 is 1.29 bits per heavy atom. The van der Waals surface area contributed by atoms with Crippen LogP contribution in [0.3, 0.4) is 0 Å². The summed E-state index contributed by atoms with van der Waals surface area (Å²) in [5.74, 6) is -2.55. The first-order valence-electron chi connectivity index (χ1n) is 23.4. The Morgan fingerprint density at radius 3 is 1.92 bits per heavy atom. The number of carboxylic acid groups (broad SMARTS) is 1. The number of allylic oxidation sites excluding steroid dienone is 2. The highest BCUT2D eigenvalue weighted by Crippen LogP contribution is 2.76. The molecule has 3 heterocycles. The van der Waals surface area contributed by atoms with Crippen LogP contribution in [-0.4, -0.2) is 180 Å². The molecule has 23 atom stereocenters. The van der Waals surface area contributed by atoms with Gasteiger partial charge in [0.1, 0.15) is 54.9 Å². The monoisotopic (exact) mass is 928 g/mol. The van der Waals surface area contributed by atoms with Crippen LogP contribution in [0.15, 0.2) is 11.6 Å². The number of hydrogen-bond acceptors (Lipinski definition) is 18. The maximum atomic E-state index is 14.5. The molecule has 11 N–H and O–H groups in total. The van der Waals surface area contributed by atoms with E-state index in [4.69, 9.17) is 28.4 Å². The van der Waals surface area contributed by atoms with Crippen molar-refractivity contribution in [3.8, 4) is 0 Å². The quantitative estimate of drug-likeness (QED) is 0.0827. The van der Waals surface area contributed by atoms with Gasteiger partial charge in [-0.2, -0.15) is 0 Å². The molecule has 0 unspecified atom stereocenters. The lowest BCUT2D eigenvalue weighted by Gasteiger charge is -2.71. The third-order valence-corrected chi connectivity index (χ3v) is 18.6. The highest BCUT2D eigenvalue weighted by atomic mass is 16.7. The second kappa shape index (κ2) is 17.2. The zero-order valence-corrected chi connectivity index (χ0v) is 38.1. The molecule has 0 aromatic heterocycles. The number of aliphatic hydroxyl groups excluding tert-OH is 10. The van der Waals surface area contributed by atoms with E-state index in [1.165, 1.54) is 5.57 Å². The Morgan fingerprint density at radius 1 is 0.692 bits per heavy atom. The van der Waals surface area contributed by atoms with Gasteiger partial charge in [0.25, 0.3) is 0 Å². The van der Waals surface area contributed by atoms with E-state index in [9.17, 15) is 65.8 Å². The van der Waals surface area contributed by atoms with Gasteiger partial charge in [-0.25, -0.2) is 4.79 Å². The maximum Gasteiger partial charge on any atom is 0.335 e. The number of fused-ring (bicyclic) bond motifs is 7. The molecule has 0 aromatic carbocycles. The molecule has 370 valence electrons. The van der Waals surface area contributed by atoms with Crippen LogP contribution in [0.4, 0.5) is 0 Å². The van der Waals surface area contributed by atoms with Gasteiger partial charge in [0.2, 0.25) is 6.29 Å². The number of ether oxygens (including phenoxy) is 6. The van der Waals surface area contributed by atoms with Crippen molar-refractivity contribution < 1.29 is 94.2 Å². The van der Waals surface area contributed by atoms with Crippen molar-refractivity contribution in [1.29, 1.82) is 0 Å². The zero-order valence-electron chi connectivity index (χ0n) is 38.1. The largest absolute Gasteiger partial charge is 0.479 e. The fourth-order valence-corrected chi connectivity index (χ4v) is 14.6. The van der Waals surface area contributed by atoms with Gasteiger partial charge in [0, 0.05) is 5.41 Å². The Hall–Kier alpha value is -1.92. The molecule has 8 rings (SSSR count). The lowest BCUT2D eigenvalue weighted by molar-refractivity contribution is -0.362. The Kier molecular flexibility index (Phi) is 13.1. The molecule has 4 saturated carbocycles. The topological polar surface area (TPSA) is 312 Å². The van der Waals surface area contributed by atoms with Crippen LogP contribution in [0.2, 0.25) is 0 Å². The molecular weight excluding hydrogens is 856 g/mol. The minimum Gasteiger partial charge on any atom is -0.479 e. The molecule has 0 amide bonds. The van der Waals surface area contributed by atoms with E-state index < -0.39 is 139 Å². The number of hydrogen-bond donors (Lipinski definition) is 11. The standard InChI is InChI=1S/C46H72O19/c1-41(2)11-13-46(40(59)65-38-31(55)28(52)24(50)18-61-38)14-12-44(5)20(21(46)15-41)7-8-26-42(3)16-22(48)35(43(4,19-47)25(42)9-10-45(26,44)6)64-39-32(56)29(53)33(34(63-39)36(57)58)62-37-30(54)27(51)23(49)17-60-37/h7,21-35,37-39,47-56H,8-19H2,1-6H3,(H,57,58)/t21-,22-,23+,24-,25+,26+,27-,28-,29+,30+,31-,32+,33-,34-,35-,37-,38-,39-,42-,43-,44+,45+,46-/m0/s1. The lowest BCUT2D eigenvalue weighted by Crippen LogP contribution is -2.70. The first-order chi connectivity index (χ1) is 30.3. The second-order valence-electron chi connectivity index (χ2n) is 22.6. The number of rotatable bonds is 8. The molecule has 7 fully saturated rings. The van der Waals surface area contributed by atoms with Gasteiger partial charge in [0.15, 0.2) is 18.7 Å². The molecule has 8 aliphatic rings. The van der Waals surface area contributed by atoms with Crippen molar-refractivity contribution in [2.45, 2.75) is 191 Å². The van der Waals surface area contributed by atoms with E-state index in [-0.39, 0.29) is 41.6 Å². The second-order valence-corrected chi connectivity index (χ2v) is 22.6. The van der Waals surface area contributed by atoms with Gasteiger partial charge in [-0.3, -0.25) is 4.79 Å².